The van der Waals surface area contributed by atoms with Crippen molar-refractivity contribution in [2.75, 3.05) is 0 Å². The molecule has 0 N–H and O–H groups in total. The molecule has 0 aliphatic heterocycles. The fourth-order valence-electron chi connectivity index (χ4n) is 3.60. The van der Waals surface area contributed by atoms with Crippen LogP contribution in [-0.4, -0.2) is 12.1 Å². The molecule has 0 unspecified atom stereocenters. The van der Waals surface area contributed by atoms with E-state index in [-0.39, 0.29) is 11.3 Å². The van der Waals surface area contributed by atoms with Gasteiger partial charge in [0.05, 0.1) is 0 Å². The molecule has 2 aliphatic rings. The molecule has 0 bridgehead atoms. The van der Waals surface area contributed by atoms with E-state index in [1.165, 1.54) is 0 Å². The van der Waals surface area contributed by atoms with E-state index in [0.29, 0.717) is 17.6 Å². The Bertz CT molecular complexity index is 367. The number of allylic oxidation sites excluding steroid dienone is 2. The number of fused-ring (bicyclic) bond motifs is 1. The molecule has 2 heteroatoms. The summed E-state index contributed by atoms with van der Waals surface area (Å²) in [5.41, 5.74) is 0.688. The lowest BCUT2D eigenvalue weighted by Crippen LogP contribution is -2.46. The minimum Gasteiger partial charge on any atom is -0.299 e. The first-order valence-electron chi connectivity index (χ1n) is 6.68. The fraction of sp³-hybridized carbons (Fsp3) is 0.733. The zero-order chi connectivity index (χ0) is 12.6. The smallest absolute Gasteiger partial charge is 0.145 e. The molecule has 3 atom stereocenters. The monoisotopic (exact) mass is 234 g/mol. The summed E-state index contributed by atoms with van der Waals surface area (Å²) in [6.07, 6.45) is 6.39. The van der Waals surface area contributed by atoms with Gasteiger partial charge in [0, 0.05) is 11.8 Å². The van der Waals surface area contributed by atoms with E-state index in [4.69, 9.17) is 0 Å². The number of ketones is 1. The third kappa shape index (κ3) is 1.98. The number of hydrogen-bond acceptors (Lipinski definition) is 2. The molecule has 1 saturated carbocycles. The van der Waals surface area contributed by atoms with Crippen LogP contribution in [0.4, 0.5) is 0 Å². The molecule has 0 amide bonds. The summed E-state index contributed by atoms with van der Waals surface area (Å²) in [7, 11) is 0. The van der Waals surface area contributed by atoms with Gasteiger partial charge in [0.15, 0.2) is 0 Å². The van der Waals surface area contributed by atoms with Gasteiger partial charge in [-0.25, -0.2) is 0 Å². The van der Waals surface area contributed by atoms with Gasteiger partial charge in [0.2, 0.25) is 0 Å². The quantitative estimate of drug-likeness (QED) is 0.688. The van der Waals surface area contributed by atoms with Crippen LogP contribution in [0.5, 0.6) is 0 Å². The van der Waals surface area contributed by atoms with Gasteiger partial charge in [-0.15, -0.1) is 0 Å². The average molecular weight is 234 g/mol. The van der Waals surface area contributed by atoms with Crippen molar-refractivity contribution in [2.45, 2.75) is 46.5 Å². The zero-order valence-corrected chi connectivity index (χ0v) is 11.0. The van der Waals surface area contributed by atoms with Crippen LogP contribution in [0, 0.1) is 23.2 Å². The molecule has 0 aromatic carbocycles. The highest BCUT2D eigenvalue weighted by Gasteiger charge is 2.48. The van der Waals surface area contributed by atoms with Gasteiger partial charge in [-0.3, -0.25) is 9.59 Å². The summed E-state index contributed by atoms with van der Waals surface area (Å²) < 4.78 is 0. The first kappa shape index (κ1) is 12.5. The highest BCUT2D eigenvalue weighted by atomic mass is 16.1. The Hall–Kier alpha value is -0.920. The maximum atomic E-state index is 12.2. The summed E-state index contributed by atoms with van der Waals surface area (Å²) in [4.78, 5) is 23.1. The highest BCUT2D eigenvalue weighted by molar-refractivity contribution is 5.87. The van der Waals surface area contributed by atoms with E-state index in [1.54, 1.807) is 0 Å². The summed E-state index contributed by atoms with van der Waals surface area (Å²) >= 11 is 0. The lowest BCUT2D eigenvalue weighted by molar-refractivity contribution is -0.137. The Kier molecular flexibility index (Phi) is 3.24. The van der Waals surface area contributed by atoms with Crippen molar-refractivity contribution in [3.05, 3.63) is 11.6 Å². The van der Waals surface area contributed by atoms with E-state index >= 15 is 0 Å². The number of rotatable bonds is 2. The van der Waals surface area contributed by atoms with Crippen LogP contribution in [0.1, 0.15) is 46.5 Å². The fourth-order valence-corrected chi connectivity index (χ4v) is 3.60. The Labute approximate surface area is 103 Å². The number of aldehydes is 1. The van der Waals surface area contributed by atoms with Crippen molar-refractivity contribution in [3.8, 4) is 0 Å². The van der Waals surface area contributed by atoms with E-state index in [9.17, 15) is 9.59 Å². The maximum absolute atomic E-state index is 12.2. The van der Waals surface area contributed by atoms with Gasteiger partial charge in [-0.2, -0.15) is 0 Å². The van der Waals surface area contributed by atoms with Crippen LogP contribution < -0.4 is 0 Å². The van der Waals surface area contributed by atoms with Crippen molar-refractivity contribution in [1.82, 2.24) is 0 Å². The molecule has 17 heavy (non-hydrogen) atoms. The van der Waals surface area contributed by atoms with Crippen LogP contribution in [0.25, 0.3) is 0 Å². The van der Waals surface area contributed by atoms with E-state index in [1.807, 2.05) is 0 Å². The first-order chi connectivity index (χ1) is 7.99. The zero-order valence-electron chi connectivity index (χ0n) is 11.0. The van der Waals surface area contributed by atoms with Gasteiger partial charge in [0.25, 0.3) is 0 Å². The molecule has 2 rings (SSSR count). The van der Waals surface area contributed by atoms with Crippen LogP contribution in [0.2, 0.25) is 0 Å². The molecule has 0 radical (unpaired) electrons. The summed E-state index contributed by atoms with van der Waals surface area (Å²) in [5, 5.41) is 0. The number of carbonyl (C=O) groups excluding carboxylic acids is 2. The van der Waals surface area contributed by atoms with Crippen molar-refractivity contribution >= 4 is 12.1 Å². The Morgan fingerprint density at radius 1 is 1.41 bits per heavy atom. The first-order valence-corrected chi connectivity index (χ1v) is 6.68. The number of hydrogen-bond donors (Lipinski definition) is 0. The molecule has 2 nitrogen and oxygen atoms in total. The molecule has 2 aliphatic carbocycles. The topological polar surface area (TPSA) is 34.1 Å². The molecule has 0 heterocycles. The second-order valence-electron chi connectivity index (χ2n) is 6.17. The summed E-state index contributed by atoms with van der Waals surface area (Å²) in [6.45, 7) is 6.56. The second-order valence-corrected chi connectivity index (χ2v) is 6.17. The minimum atomic E-state index is -0.209. The van der Waals surface area contributed by atoms with Gasteiger partial charge >= 0.3 is 0 Å². The van der Waals surface area contributed by atoms with Crippen LogP contribution in [0.3, 0.4) is 0 Å². The molecule has 1 fully saturated rings. The van der Waals surface area contributed by atoms with Gasteiger partial charge < -0.3 is 0 Å². The minimum absolute atomic E-state index is 0.209. The predicted molar refractivity (Wildman–Crippen MR) is 67.5 cm³/mol. The van der Waals surface area contributed by atoms with E-state index in [2.05, 4.69) is 26.8 Å². The molecule has 0 spiro atoms. The van der Waals surface area contributed by atoms with Crippen molar-refractivity contribution in [3.63, 3.8) is 0 Å². The largest absolute Gasteiger partial charge is 0.299 e. The van der Waals surface area contributed by atoms with E-state index < -0.39 is 0 Å². The highest BCUT2D eigenvalue weighted by Crippen LogP contribution is 2.51. The SMILES string of the molecule is CC(C)[C@@H]1CCC(=O)[C@@]2(C)CCC(C=O)=C[C@@H]12. The Balaban J connectivity index is 2.38. The number of carbonyl (C=O) groups is 2. The summed E-state index contributed by atoms with van der Waals surface area (Å²) in [5.74, 6) is 1.81. The number of Topliss-reactive ketones (excluding diaryl/α,β-unsaturated/α-hetero) is 1. The lowest BCUT2D eigenvalue weighted by Gasteiger charge is -2.47. The molecular weight excluding hydrogens is 212 g/mol. The Morgan fingerprint density at radius 3 is 2.71 bits per heavy atom. The molecule has 0 saturated heterocycles. The van der Waals surface area contributed by atoms with E-state index in [0.717, 1.165) is 37.5 Å². The van der Waals surface area contributed by atoms with Crippen LogP contribution >= 0.6 is 0 Å². The van der Waals surface area contributed by atoms with Crippen LogP contribution in [-0.2, 0) is 9.59 Å². The summed E-state index contributed by atoms with van der Waals surface area (Å²) in [6, 6.07) is 0. The van der Waals surface area contributed by atoms with Crippen molar-refractivity contribution < 1.29 is 9.59 Å². The third-order valence-corrected chi connectivity index (χ3v) is 4.87. The maximum Gasteiger partial charge on any atom is 0.145 e. The van der Waals surface area contributed by atoms with Crippen molar-refractivity contribution in [2.24, 2.45) is 23.2 Å². The van der Waals surface area contributed by atoms with Gasteiger partial charge in [-0.1, -0.05) is 26.8 Å². The van der Waals surface area contributed by atoms with Gasteiger partial charge in [-0.05, 0) is 42.6 Å². The standard InChI is InChI=1S/C15H22O2/c1-10(2)12-4-5-14(17)15(3)7-6-11(9-16)8-13(12)15/h8-10,12-13H,4-7H2,1-3H3/t12-,13-,15-/m0/s1. The van der Waals surface area contributed by atoms with Crippen LogP contribution in [0.15, 0.2) is 11.6 Å². The predicted octanol–water partition coefficient (Wildman–Crippen LogP) is 3.16. The molecule has 0 aromatic rings. The molecule has 0 aromatic heterocycles. The normalized spacial score (nSPS) is 37.6. The van der Waals surface area contributed by atoms with Gasteiger partial charge in [0.1, 0.15) is 12.1 Å². The lowest BCUT2D eigenvalue weighted by atomic mass is 9.55. The second kappa shape index (κ2) is 4.40. The average Bonchev–Trinajstić information content (AvgIpc) is 2.30. The Morgan fingerprint density at radius 2 is 2.12 bits per heavy atom. The van der Waals surface area contributed by atoms with Crippen molar-refractivity contribution in [1.29, 1.82) is 0 Å². The molecular formula is C15H22O2. The molecule has 94 valence electrons. The third-order valence-electron chi connectivity index (χ3n) is 4.87.